The summed E-state index contributed by atoms with van der Waals surface area (Å²) < 4.78 is 14.0. The molecule has 2 amide bonds. The standard InChI is InChI=1S/C15H13FN4O4S/c16-11-4-3-9(20(23)24)8-10(11)14(22)19-6-1-2-12(19)13(21)18-15-17-5-7-25-15/h3-5,7-8,12H,1-2,6H2,(H,17,18,21). The van der Waals surface area contributed by atoms with E-state index in [1.165, 1.54) is 22.4 Å². The minimum absolute atomic E-state index is 0.275. The third-order valence-corrected chi connectivity index (χ3v) is 4.56. The van der Waals surface area contributed by atoms with Crippen molar-refractivity contribution in [2.75, 3.05) is 11.9 Å². The molecule has 1 unspecified atom stereocenters. The van der Waals surface area contributed by atoms with Crippen molar-refractivity contribution in [3.05, 3.63) is 51.3 Å². The summed E-state index contributed by atoms with van der Waals surface area (Å²) in [6, 6.07) is 2.00. The maximum absolute atomic E-state index is 14.0. The molecular weight excluding hydrogens is 351 g/mol. The second-order valence-electron chi connectivity index (χ2n) is 5.40. The number of halogens is 1. The Morgan fingerprint density at radius 2 is 2.24 bits per heavy atom. The predicted molar refractivity (Wildman–Crippen MR) is 87.9 cm³/mol. The summed E-state index contributed by atoms with van der Waals surface area (Å²) in [5.74, 6) is -2.01. The molecule has 2 heterocycles. The molecule has 130 valence electrons. The van der Waals surface area contributed by atoms with Gasteiger partial charge >= 0.3 is 0 Å². The van der Waals surface area contributed by atoms with Crippen molar-refractivity contribution in [2.45, 2.75) is 18.9 Å². The van der Waals surface area contributed by atoms with Gasteiger partial charge in [-0.1, -0.05) is 0 Å². The molecule has 1 N–H and O–H groups in total. The highest BCUT2D eigenvalue weighted by atomic mass is 32.1. The summed E-state index contributed by atoms with van der Waals surface area (Å²) in [6.45, 7) is 0.275. The number of nitrogens with zero attached hydrogens (tertiary/aromatic N) is 3. The summed E-state index contributed by atoms with van der Waals surface area (Å²) >= 11 is 1.24. The van der Waals surface area contributed by atoms with Crippen LogP contribution in [0.1, 0.15) is 23.2 Å². The van der Waals surface area contributed by atoms with Gasteiger partial charge in [0.25, 0.3) is 11.6 Å². The topological polar surface area (TPSA) is 105 Å². The van der Waals surface area contributed by atoms with Crippen LogP contribution in [0.15, 0.2) is 29.8 Å². The zero-order valence-electron chi connectivity index (χ0n) is 12.8. The van der Waals surface area contributed by atoms with E-state index in [4.69, 9.17) is 0 Å². The number of nitrogens with one attached hydrogen (secondary N) is 1. The van der Waals surface area contributed by atoms with Crippen LogP contribution in [0.25, 0.3) is 0 Å². The molecule has 0 bridgehead atoms. The zero-order valence-corrected chi connectivity index (χ0v) is 13.7. The molecule has 3 rings (SSSR count). The van der Waals surface area contributed by atoms with E-state index in [1.54, 1.807) is 5.38 Å². The van der Waals surface area contributed by atoms with Crippen molar-refractivity contribution in [3.8, 4) is 0 Å². The van der Waals surface area contributed by atoms with Crippen molar-refractivity contribution in [1.82, 2.24) is 9.88 Å². The molecule has 25 heavy (non-hydrogen) atoms. The van der Waals surface area contributed by atoms with Crippen LogP contribution >= 0.6 is 11.3 Å². The molecule has 0 spiro atoms. The van der Waals surface area contributed by atoms with E-state index in [1.807, 2.05) is 0 Å². The lowest BCUT2D eigenvalue weighted by molar-refractivity contribution is -0.384. The van der Waals surface area contributed by atoms with Crippen molar-refractivity contribution >= 4 is 34.0 Å². The van der Waals surface area contributed by atoms with Gasteiger partial charge < -0.3 is 10.2 Å². The summed E-state index contributed by atoms with van der Waals surface area (Å²) in [7, 11) is 0. The number of thiazole rings is 1. The summed E-state index contributed by atoms with van der Waals surface area (Å²) in [4.78, 5) is 40.3. The Labute approximate surface area is 145 Å². The highest BCUT2D eigenvalue weighted by molar-refractivity contribution is 7.13. The molecule has 1 fully saturated rings. The smallest absolute Gasteiger partial charge is 0.270 e. The highest BCUT2D eigenvalue weighted by Crippen LogP contribution is 2.25. The van der Waals surface area contributed by atoms with Crippen LogP contribution in [0, 0.1) is 15.9 Å². The van der Waals surface area contributed by atoms with Crippen molar-refractivity contribution in [2.24, 2.45) is 0 Å². The third kappa shape index (κ3) is 3.48. The quantitative estimate of drug-likeness (QED) is 0.662. The fraction of sp³-hybridized carbons (Fsp3) is 0.267. The van der Waals surface area contributed by atoms with Crippen LogP contribution in [-0.2, 0) is 4.79 Å². The first-order valence-corrected chi connectivity index (χ1v) is 8.30. The lowest BCUT2D eigenvalue weighted by Crippen LogP contribution is -2.43. The van der Waals surface area contributed by atoms with E-state index in [0.29, 0.717) is 18.0 Å². The number of nitro groups is 1. The Bertz CT molecular complexity index is 827. The van der Waals surface area contributed by atoms with Gasteiger partial charge in [-0.3, -0.25) is 19.7 Å². The van der Waals surface area contributed by atoms with E-state index in [0.717, 1.165) is 18.2 Å². The van der Waals surface area contributed by atoms with Gasteiger partial charge in [0.05, 0.1) is 10.5 Å². The summed E-state index contributed by atoms with van der Waals surface area (Å²) in [5, 5.41) is 15.6. The van der Waals surface area contributed by atoms with Gasteiger partial charge in [0.1, 0.15) is 11.9 Å². The monoisotopic (exact) mass is 364 g/mol. The van der Waals surface area contributed by atoms with E-state index in [-0.39, 0.29) is 12.2 Å². The lowest BCUT2D eigenvalue weighted by Gasteiger charge is -2.23. The SMILES string of the molecule is O=C(Nc1nccs1)C1CCCN1C(=O)c1cc([N+](=O)[O-])ccc1F. The second-order valence-corrected chi connectivity index (χ2v) is 6.30. The molecule has 0 radical (unpaired) electrons. The first-order chi connectivity index (χ1) is 12.0. The van der Waals surface area contributed by atoms with Crippen molar-refractivity contribution < 1.29 is 18.9 Å². The molecule has 1 aliphatic heterocycles. The molecule has 1 aromatic heterocycles. The number of likely N-dealkylation sites (tertiary alicyclic amines) is 1. The Morgan fingerprint density at radius 1 is 1.44 bits per heavy atom. The summed E-state index contributed by atoms with van der Waals surface area (Å²) in [5.41, 5.74) is -0.795. The van der Waals surface area contributed by atoms with E-state index in [2.05, 4.69) is 10.3 Å². The fourth-order valence-corrected chi connectivity index (χ4v) is 3.23. The third-order valence-electron chi connectivity index (χ3n) is 3.87. The Balaban J connectivity index is 1.82. The molecule has 8 nitrogen and oxygen atoms in total. The zero-order chi connectivity index (χ0) is 18.0. The lowest BCUT2D eigenvalue weighted by atomic mass is 10.1. The van der Waals surface area contributed by atoms with E-state index >= 15 is 0 Å². The number of carbonyl (C=O) groups excluding carboxylic acids is 2. The summed E-state index contributed by atoms with van der Waals surface area (Å²) in [6.07, 6.45) is 2.55. The number of carbonyl (C=O) groups is 2. The molecule has 1 atom stereocenters. The van der Waals surface area contributed by atoms with Crippen LogP contribution in [0.5, 0.6) is 0 Å². The molecule has 10 heteroatoms. The average molecular weight is 364 g/mol. The van der Waals surface area contributed by atoms with Gasteiger partial charge in [-0.05, 0) is 18.9 Å². The molecule has 2 aromatic rings. The Morgan fingerprint density at radius 3 is 2.92 bits per heavy atom. The number of anilines is 1. The van der Waals surface area contributed by atoms with Crippen LogP contribution in [-0.4, -0.2) is 39.2 Å². The molecule has 1 saturated heterocycles. The molecule has 1 aliphatic rings. The molecule has 0 saturated carbocycles. The molecular formula is C15H13FN4O4S. The van der Waals surface area contributed by atoms with Crippen LogP contribution in [0.3, 0.4) is 0 Å². The minimum atomic E-state index is -0.860. The van der Waals surface area contributed by atoms with Crippen LogP contribution < -0.4 is 5.32 Å². The van der Waals surface area contributed by atoms with Gasteiger partial charge in [0.15, 0.2) is 5.13 Å². The van der Waals surface area contributed by atoms with Crippen LogP contribution in [0.4, 0.5) is 15.2 Å². The first-order valence-electron chi connectivity index (χ1n) is 7.42. The van der Waals surface area contributed by atoms with Gasteiger partial charge in [-0.25, -0.2) is 9.37 Å². The number of non-ortho nitro benzene ring substituents is 1. The van der Waals surface area contributed by atoms with Gasteiger partial charge in [-0.15, -0.1) is 11.3 Å². The maximum atomic E-state index is 14.0. The number of amides is 2. The predicted octanol–water partition coefficient (Wildman–Crippen LogP) is 2.43. The maximum Gasteiger partial charge on any atom is 0.270 e. The Hall–Kier alpha value is -2.88. The number of aromatic nitrogens is 1. The number of hydrogen-bond donors (Lipinski definition) is 1. The molecule has 1 aromatic carbocycles. The fourth-order valence-electron chi connectivity index (χ4n) is 2.70. The minimum Gasteiger partial charge on any atom is -0.327 e. The second kappa shape index (κ2) is 6.93. The normalized spacial score (nSPS) is 16.7. The average Bonchev–Trinajstić information content (AvgIpc) is 3.25. The number of benzene rings is 1. The van der Waals surface area contributed by atoms with Gasteiger partial charge in [0.2, 0.25) is 5.91 Å². The van der Waals surface area contributed by atoms with Crippen molar-refractivity contribution in [1.29, 1.82) is 0 Å². The van der Waals surface area contributed by atoms with Crippen molar-refractivity contribution in [3.63, 3.8) is 0 Å². The number of hydrogen-bond acceptors (Lipinski definition) is 6. The van der Waals surface area contributed by atoms with E-state index in [9.17, 15) is 24.1 Å². The van der Waals surface area contributed by atoms with E-state index < -0.39 is 34.2 Å². The highest BCUT2D eigenvalue weighted by Gasteiger charge is 2.36. The van der Waals surface area contributed by atoms with Crippen LogP contribution in [0.2, 0.25) is 0 Å². The van der Waals surface area contributed by atoms with Gasteiger partial charge in [0, 0.05) is 30.3 Å². The number of rotatable bonds is 4. The largest absolute Gasteiger partial charge is 0.327 e. The Kier molecular flexibility index (Phi) is 4.70. The first kappa shape index (κ1) is 17.0. The molecule has 0 aliphatic carbocycles. The van der Waals surface area contributed by atoms with Gasteiger partial charge in [-0.2, -0.15) is 0 Å². The number of nitro benzene ring substituents is 1.